The highest BCUT2D eigenvalue weighted by atomic mass is 16.3. The number of aromatic nitrogens is 2. The molecular formula is C17H23N3O. The molecule has 112 valence electrons. The Balaban J connectivity index is 1.70. The average molecular weight is 285 g/mol. The number of fused-ring (bicyclic) bond motifs is 1. The van der Waals surface area contributed by atoms with Crippen molar-refractivity contribution in [3.05, 3.63) is 24.0 Å². The number of aliphatic hydroxyl groups is 1. The molecule has 2 fully saturated rings. The van der Waals surface area contributed by atoms with Gasteiger partial charge in [0.1, 0.15) is 5.82 Å². The van der Waals surface area contributed by atoms with Gasteiger partial charge in [0.2, 0.25) is 0 Å². The van der Waals surface area contributed by atoms with Gasteiger partial charge in [0, 0.05) is 18.2 Å². The third kappa shape index (κ3) is 2.53. The van der Waals surface area contributed by atoms with Gasteiger partial charge in [0.15, 0.2) is 0 Å². The van der Waals surface area contributed by atoms with E-state index < -0.39 is 0 Å². The average Bonchev–Trinajstić information content (AvgIpc) is 3.23. The van der Waals surface area contributed by atoms with E-state index in [9.17, 15) is 5.11 Å². The molecule has 1 aromatic carbocycles. The smallest absolute Gasteiger partial charge is 0.113 e. The van der Waals surface area contributed by atoms with Crippen LogP contribution < -0.4 is 5.73 Å². The molecule has 2 aromatic rings. The van der Waals surface area contributed by atoms with Crippen LogP contribution in [0.5, 0.6) is 0 Å². The maximum Gasteiger partial charge on any atom is 0.113 e. The number of aliphatic hydroxyl groups excluding tert-OH is 1. The molecule has 2 aliphatic rings. The van der Waals surface area contributed by atoms with E-state index >= 15 is 0 Å². The van der Waals surface area contributed by atoms with Crippen molar-refractivity contribution in [2.75, 3.05) is 5.73 Å². The molecule has 0 spiro atoms. The fourth-order valence-electron chi connectivity index (χ4n) is 3.70. The number of rotatable bonds is 3. The van der Waals surface area contributed by atoms with Crippen LogP contribution in [-0.4, -0.2) is 20.8 Å². The summed E-state index contributed by atoms with van der Waals surface area (Å²) in [7, 11) is 0. The van der Waals surface area contributed by atoms with Crippen molar-refractivity contribution in [1.82, 2.24) is 9.55 Å². The van der Waals surface area contributed by atoms with Gasteiger partial charge in [-0.05, 0) is 56.2 Å². The molecule has 0 amide bonds. The van der Waals surface area contributed by atoms with Crippen LogP contribution in [-0.2, 0) is 6.54 Å². The fourth-order valence-corrected chi connectivity index (χ4v) is 3.70. The summed E-state index contributed by atoms with van der Waals surface area (Å²) < 4.78 is 2.40. The van der Waals surface area contributed by atoms with Gasteiger partial charge in [-0.25, -0.2) is 4.98 Å². The lowest BCUT2D eigenvalue weighted by molar-refractivity contribution is 0.0955. The van der Waals surface area contributed by atoms with Crippen LogP contribution in [0, 0.1) is 5.92 Å². The molecule has 0 aliphatic heterocycles. The number of nitrogens with two attached hydrogens (primary N) is 1. The molecule has 2 saturated carbocycles. The predicted molar refractivity (Wildman–Crippen MR) is 84.1 cm³/mol. The maximum atomic E-state index is 9.91. The lowest BCUT2D eigenvalue weighted by Gasteiger charge is -2.27. The molecule has 0 saturated heterocycles. The lowest BCUT2D eigenvalue weighted by Crippen LogP contribution is -2.23. The first kappa shape index (κ1) is 13.1. The Morgan fingerprint density at radius 3 is 2.86 bits per heavy atom. The quantitative estimate of drug-likeness (QED) is 0.852. The van der Waals surface area contributed by atoms with Crippen molar-refractivity contribution in [1.29, 1.82) is 0 Å². The summed E-state index contributed by atoms with van der Waals surface area (Å²) in [6, 6.07) is 6.04. The van der Waals surface area contributed by atoms with E-state index in [1.54, 1.807) is 0 Å². The van der Waals surface area contributed by atoms with Crippen LogP contribution in [0.2, 0.25) is 0 Å². The zero-order valence-corrected chi connectivity index (χ0v) is 12.3. The van der Waals surface area contributed by atoms with Gasteiger partial charge in [0.05, 0.1) is 17.1 Å². The van der Waals surface area contributed by atoms with E-state index in [-0.39, 0.29) is 6.10 Å². The van der Waals surface area contributed by atoms with E-state index in [4.69, 9.17) is 10.7 Å². The molecule has 0 bridgehead atoms. The maximum absolute atomic E-state index is 9.91. The monoisotopic (exact) mass is 285 g/mol. The largest absolute Gasteiger partial charge is 0.399 e. The third-order valence-electron chi connectivity index (χ3n) is 4.94. The number of imidazole rings is 1. The Morgan fingerprint density at radius 1 is 1.24 bits per heavy atom. The minimum absolute atomic E-state index is 0.112. The number of benzene rings is 1. The van der Waals surface area contributed by atoms with E-state index in [1.165, 1.54) is 30.6 Å². The molecule has 0 radical (unpaired) electrons. The van der Waals surface area contributed by atoms with Gasteiger partial charge < -0.3 is 15.4 Å². The van der Waals surface area contributed by atoms with Crippen LogP contribution in [0.1, 0.15) is 50.3 Å². The first-order valence-corrected chi connectivity index (χ1v) is 8.14. The Morgan fingerprint density at radius 2 is 2.10 bits per heavy atom. The second-order valence-electron chi connectivity index (χ2n) is 6.79. The van der Waals surface area contributed by atoms with Gasteiger partial charge in [-0.15, -0.1) is 0 Å². The van der Waals surface area contributed by atoms with Crippen molar-refractivity contribution in [3.8, 4) is 0 Å². The molecule has 21 heavy (non-hydrogen) atoms. The van der Waals surface area contributed by atoms with Gasteiger partial charge in [0.25, 0.3) is 0 Å². The topological polar surface area (TPSA) is 64.1 Å². The molecule has 2 aliphatic carbocycles. The predicted octanol–water partition coefficient (Wildman–Crippen LogP) is 3.05. The van der Waals surface area contributed by atoms with Crippen LogP contribution >= 0.6 is 0 Å². The summed E-state index contributed by atoms with van der Waals surface area (Å²) in [5.74, 6) is 2.43. The van der Waals surface area contributed by atoms with E-state index in [0.29, 0.717) is 11.8 Å². The molecule has 1 aromatic heterocycles. The standard InChI is InChI=1S/C17H23N3O/c18-13-6-7-16-15(9-13)19-17(12-4-5-12)20(16)10-11-2-1-3-14(21)8-11/h6-7,9,11-12,14,21H,1-5,8,10,18H2. The first-order chi connectivity index (χ1) is 10.2. The molecule has 2 atom stereocenters. The Bertz CT molecular complexity index is 659. The number of hydrogen-bond acceptors (Lipinski definition) is 3. The van der Waals surface area contributed by atoms with Crippen LogP contribution in [0.3, 0.4) is 0 Å². The Hall–Kier alpha value is -1.55. The molecular weight excluding hydrogens is 262 g/mol. The summed E-state index contributed by atoms with van der Waals surface area (Å²) in [6.07, 6.45) is 6.66. The number of nitrogens with zero attached hydrogens (tertiary/aromatic N) is 2. The molecule has 2 unspecified atom stereocenters. The molecule has 4 rings (SSSR count). The van der Waals surface area contributed by atoms with Crippen LogP contribution in [0.15, 0.2) is 18.2 Å². The highest BCUT2D eigenvalue weighted by molar-refractivity contribution is 5.79. The summed E-state index contributed by atoms with van der Waals surface area (Å²) in [4.78, 5) is 4.84. The van der Waals surface area contributed by atoms with Crippen LogP contribution in [0.4, 0.5) is 5.69 Å². The summed E-state index contributed by atoms with van der Waals surface area (Å²) in [5, 5.41) is 9.91. The lowest BCUT2D eigenvalue weighted by atomic mass is 9.87. The van der Waals surface area contributed by atoms with E-state index in [0.717, 1.165) is 37.0 Å². The van der Waals surface area contributed by atoms with Crippen molar-refractivity contribution in [2.24, 2.45) is 5.92 Å². The SMILES string of the molecule is Nc1ccc2c(c1)nc(C1CC1)n2CC1CCCC(O)C1. The van der Waals surface area contributed by atoms with Gasteiger partial charge in [-0.3, -0.25) is 0 Å². The summed E-state index contributed by atoms with van der Waals surface area (Å²) in [6.45, 7) is 0.989. The van der Waals surface area contributed by atoms with Gasteiger partial charge in [-0.2, -0.15) is 0 Å². The highest BCUT2D eigenvalue weighted by Gasteiger charge is 2.31. The molecule has 4 nitrogen and oxygen atoms in total. The van der Waals surface area contributed by atoms with Gasteiger partial charge in [-0.1, -0.05) is 6.42 Å². The summed E-state index contributed by atoms with van der Waals surface area (Å²) >= 11 is 0. The second kappa shape index (κ2) is 5.02. The minimum atomic E-state index is -0.112. The van der Waals surface area contributed by atoms with Crippen LogP contribution in [0.25, 0.3) is 11.0 Å². The molecule has 4 heteroatoms. The van der Waals surface area contributed by atoms with E-state index in [1.807, 2.05) is 12.1 Å². The first-order valence-electron chi connectivity index (χ1n) is 8.14. The normalized spacial score (nSPS) is 26.3. The highest BCUT2D eigenvalue weighted by Crippen LogP contribution is 2.41. The Labute approximate surface area is 125 Å². The number of hydrogen-bond donors (Lipinski definition) is 2. The van der Waals surface area contributed by atoms with Gasteiger partial charge >= 0.3 is 0 Å². The van der Waals surface area contributed by atoms with Crippen molar-refractivity contribution in [3.63, 3.8) is 0 Å². The zero-order valence-electron chi connectivity index (χ0n) is 12.3. The van der Waals surface area contributed by atoms with Crippen molar-refractivity contribution >= 4 is 16.7 Å². The molecule has 1 heterocycles. The number of nitrogen functional groups attached to an aromatic ring is 1. The Kier molecular flexibility index (Phi) is 3.14. The van der Waals surface area contributed by atoms with E-state index in [2.05, 4.69) is 10.6 Å². The van der Waals surface area contributed by atoms with Crippen molar-refractivity contribution in [2.45, 2.75) is 57.1 Å². The fraction of sp³-hybridized carbons (Fsp3) is 0.588. The molecule has 3 N–H and O–H groups in total. The zero-order chi connectivity index (χ0) is 14.4. The second-order valence-corrected chi connectivity index (χ2v) is 6.79. The third-order valence-corrected chi connectivity index (χ3v) is 4.94. The number of anilines is 1. The minimum Gasteiger partial charge on any atom is -0.399 e. The van der Waals surface area contributed by atoms with Crippen molar-refractivity contribution < 1.29 is 5.11 Å². The summed E-state index contributed by atoms with van der Waals surface area (Å²) in [5.41, 5.74) is 8.90.